The van der Waals surface area contributed by atoms with E-state index in [1.165, 1.54) is 16.6 Å². The van der Waals surface area contributed by atoms with Crippen LogP contribution >= 0.6 is 0 Å². The molecular weight excluding hydrogens is 332 g/mol. The van der Waals surface area contributed by atoms with Crippen LogP contribution in [0.25, 0.3) is 0 Å². The molecule has 134 valence electrons. The van der Waals surface area contributed by atoms with Crippen LogP contribution in [0.1, 0.15) is 17.2 Å². The third-order valence-corrected chi connectivity index (χ3v) is 4.62. The van der Waals surface area contributed by atoms with E-state index in [2.05, 4.69) is 42.4 Å². The van der Waals surface area contributed by atoms with E-state index in [-0.39, 0.29) is 12.5 Å². The molecule has 0 N–H and O–H groups in total. The van der Waals surface area contributed by atoms with Crippen LogP contribution in [-0.2, 0) is 37.1 Å². The molecule has 0 atom stereocenters. The van der Waals surface area contributed by atoms with E-state index >= 15 is 0 Å². The molecule has 1 aliphatic rings. The Balaban J connectivity index is 1.39. The summed E-state index contributed by atoms with van der Waals surface area (Å²) in [4.78, 5) is 14.3. The number of benzene rings is 1. The second kappa shape index (κ2) is 7.42. The highest BCUT2D eigenvalue weighted by Gasteiger charge is 2.22. The lowest BCUT2D eigenvalue weighted by Gasteiger charge is -2.19. The Bertz CT molecular complexity index is 858. The third-order valence-electron chi connectivity index (χ3n) is 4.62. The van der Waals surface area contributed by atoms with Gasteiger partial charge in [0.15, 0.2) is 0 Å². The van der Waals surface area contributed by atoms with Gasteiger partial charge in [0.05, 0.1) is 0 Å². The predicted octanol–water partition coefficient (Wildman–Crippen LogP) is 0.135. The minimum atomic E-state index is 0.0156. The highest BCUT2D eigenvalue weighted by Crippen LogP contribution is 2.12. The maximum absolute atomic E-state index is 12.5. The van der Waals surface area contributed by atoms with Crippen LogP contribution in [0.15, 0.2) is 36.7 Å². The molecule has 0 radical (unpaired) electrons. The Kier molecular flexibility index (Phi) is 4.67. The van der Waals surface area contributed by atoms with Crippen molar-refractivity contribution in [2.75, 3.05) is 13.1 Å². The second-order valence-electron chi connectivity index (χ2n) is 6.31. The van der Waals surface area contributed by atoms with E-state index in [0.717, 1.165) is 24.5 Å². The maximum Gasteiger partial charge on any atom is 0.244 e. The molecule has 3 aromatic rings. The highest BCUT2D eigenvalue weighted by molar-refractivity contribution is 5.75. The highest BCUT2D eigenvalue weighted by atomic mass is 16.2. The molecule has 9 nitrogen and oxygen atoms in total. The fourth-order valence-corrected chi connectivity index (χ4v) is 3.21. The summed E-state index contributed by atoms with van der Waals surface area (Å²) in [6.07, 6.45) is 3.93. The summed E-state index contributed by atoms with van der Waals surface area (Å²) in [5, 5.41) is 19.6. The van der Waals surface area contributed by atoms with Crippen LogP contribution in [0.4, 0.5) is 0 Å². The first-order chi connectivity index (χ1) is 12.8. The minimum Gasteiger partial charge on any atom is -0.339 e. The van der Waals surface area contributed by atoms with E-state index < -0.39 is 0 Å². The summed E-state index contributed by atoms with van der Waals surface area (Å²) in [5.41, 5.74) is 1.29. The number of hydrogen-bond donors (Lipinski definition) is 0. The number of aryl methyl sites for hydroxylation is 2. The Hall–Kier alpha value is -3.10. The molecule has 0 saturated heterocycles. The number of nitrogens with zero attached hydrogens (tertiary/aromatic N) is 8. The molecule has 0 bridgehead atoms. The van der Waals surface area contributed by atoms with Crippen molar-refractivity contribution in [1.29, 1.82) is 0 Å². The smallest absolute Gasteiger partial charge is 0.244 e. The molecule has 0 fully saturated rings. The SMILES string of the molecule is O=C(Cn1cnnn1)N1CCc2nnc(CCc3ccccc3)n2CC1. The number of fused-ring (bicyclic) bond motifs is 1. The topological polar surface area (TPSA) is 94.6 Å². The van der Waals surface area contributed by atoms with Gasteiger partial charge in [-0.1, -0.05) is 30.3 Å². The third kappa shape index (κ3) is 3.61. The van der Waals surface area contributed by atoms with E-state index in [0.29, 0.717) is 26.1 Å². The molecule has 3 heterocycles. The van der Waals surface area contributed by atoms with Gasteiger partial charge in [0, 0.05) is 32.5 Å². The van der Waals surface area contributed by atoms with Crippen molar-refractivity contribution in [2.45, 2.75) is 32.4 Å². The first kappa shape index (κ1) is 16.4. The van der Waals surface area contributed by atoms with Crippen molar-refractivity contribution < 1.29 is 4.79 Å². The lowest BCUT2D eigenvalue weighted by molar-refractivity contribution is -0.132. The van der Waals surface area contributed by atoms with Crippen LogP contribution in [0.5, 0.6) is 0 Å². The lowest BCUT2D eigenvalue weighted by Crippen LogP contribution is -2.36. The maximum atomic E-state index is 12.5. The molecule has 26 heavy (non-hydrogen) atoms. The summed E-state index contributed by atoms with van der Waals surface area (Å²) in [6.45, 7) is 2.16. The number of amides is 1. The van der Waals surface area contributed by atoms with Gasteiger partial charge in [-0.05, 0) is 22.4 Å². The molecule has 0 unspecified atom stereocenters. The minimum absolute atomic E-state index is 0.0156. The zero-order chi connectivity index (χ0) is 17.8. The van der Waals surface area contributed by atoms with Gasteiger partial charge < -0.3 is 9.47 Å². The van der Waals surface area contributed by atoms with Crippen molar-refractivity contribution in [2.24, 2.45) is 0 Å². The van der Waals surface area contributed by atoms with Crippen LogP contribution < -0.4 is 0 Å². The van der Waals surface area contributed by atoms with Gasteiger partial charge in [0.1, 0.15) is 24.5 Å². The van der Waals surface area contributed by atoms with Gasteiger partial charge in [-0.15, -0.1) is 15.3 Å². The van der Waals surface area contributed by atoms with Crippen molar-refractivity contribution in [3.05, 3.63) is 53.9 Å². The molecule has 1 aliphatic heterocycles. The normalized spacial score (nSPS) is 14.1. The van der Waals surface area contributed by atoms with E-state index in [4.69, 9.17) is 0 Å². The fraction of sp³-hybridized carbons (Fsp3) is 0.412. The summed E-state index contributed by atoms with van der Waals surface area (Å²) in [5.74, 6) is 1.95. The van der Waals surface area contributed by atoms with Crippen molar-refractivity contribution >= 4 is 5.91 Å². The molecule has 0 aliphatic carbocycles. The summed E-state index contributed by atoms with van der Waals surface area (Å²) in [7, 11) is 0. The first-order valence-corrected chi connectivity index (χ1v) is 8.73. The molecule has 0 spiro atoms. The zero-order valence-corrected chi connectivity index (χ0v) is 14.4. The predicted molar refractivity (Wildman–Crippen MR) is 92.0 cm³/mol. The van der Waals surface area contributed by atoms with Gasteiger partial charge in [-0.2, -0.15) is 0 Å². The average Bonchev–Trinajstić information content (AvgIpc) is 3.26. The lowest BCUT2D eigenvalue weighted by atomic mass is 10.1. The second-order valence-corrected chi connectivity index (χ2v) is 6.31. The fourth-order valence-electron chi connectivity index (χ4n) is 3.21. The van der Waals surface area contributed by atoms with Gasteiger partial charge >= 0.3 is 0 Å². The average molecular weight is 352 g/mol. The van der Waals surface area contributed by atoms with Gasteiger partial charge in [-0.3, -0.25) is 4.79 Å². The van der Waals surface area contributed by atoms with Gasteiger partial charge in [0.25, 0.3) is 0 Å². The van der Waals surface area contributed by atoms with Crippen LogP contribution in [-0.4, -0.2) is 58.9 Å². The quantitative estimate of drug-likeness (QED) is 0.648. The largest absolute Gasteiger partial charge is 0.339 e. The first-order valence-electron chi connectivity index (χ1n) is 8.73. The number of carbonyl (C=O) groups is 1. The molecule has 4 rings (SSSR count). The van der Waals surface area contributed by atoms with E-state index in [1.807, 2.05) is 23.1 Å². The number of carbonyl (C=O) groups excluding carboxylic acids is 1. The molecule has 2 aromatic heterocycles. The molecule has 1 aromatic carbocycles. The Morgan fingerprint density at radius 2 is 1.92 bits per heavy atom. The van der Waals surface area contributed by atoms with Crippen LogP contribution in [0.3, 0.4) is 0 Å². The van der Waals surface area contributed by atoms with E-state index in [1.54, 1.807) is 0 Å². The summed E-state index contributed by atoms with van der Waals surface area (Å²) >= 11 is 0. The van der Waals surface area contributed by atoms with Crippen molar-refractivity contribution in [3.63, 3.8) is 0 Å². The Morgan fingerprint density at radius 3 is 2.73 bits per heavy atom. The number of rotatable bonds is 5. The molecule has 0 saturated carbocycles. The van der Waals surface area contributed by atoms with Gasteiger partial charge in [-0.25, -0.2) is 4.68 Å². The summed E-state index contributed by atoms with van der Waals surface area (Å²) < 4.78 is 3.60. The standard InChI is InChI=1S/C17H20N8O/c26-17(12-24-13-18-21-22-24)23-9-8-16-20-19-15(25(16)11-10-23)7-6-14-4-2-1-3-5-14/h1-5,13H,6-12H2. The summed E-state index contributed by atoms with van der Waals surface area (Å²) in [6, 6.07) is 10.4. The van der Waals surface area contributed by atoms with Crippen LogP contribution in [0.2, 0.25) is 0 Å². The van der Waals surface area contributed by atoms with E-state index in [9.17, 15) is 4.79 Å². The Morgan fingerprint density at radius 1 is 1.04 bits per heavy atom. The Labute approximate surface area is 150 Å². The van der Waals surface area contributed by atoms with Crippen molar-refractivity contribution in [1.82, 2.24) is 39.9 Å². The van der Waals surface area contributed by atoms with Crippen molar-refractivity contribution in [3.8, 4) is 0 Å². The zero-order valence-electron chi connectivity index (χ0n) is 14.4. The number of tetrazole rings is 1. The number of aromatic nitrogens is 7. The molecule has 1 amide bonds. The monoisotopic (exact) mass is 352 g/mol. The van der Waals surface area contributed by atoms with Crippen LogP contribution in [0, 0.1) is 0 Å². The molecule has 9 heteroatoms. The van der Waals surface area contributed by atoms with Gasteiger partial charge in [0.2, 0.25) is 5.91 Å². The number of hydrogen-bond acceptors (Lipinski definition) is 6. The molecular formula is C17H20N8O.